The number of carbonyl (C=O) groups is 2. The van der Waals surface area contributed by atoms with Gasteiger partial charge in [0.05, 0.1) is 5.25 Å². The van der Waals surface area contributed by atoms with Crippen LogP contribution in [0.5, 0.6) is 0 Å². The quantitative estimate of drug-likeness (QED) is 0.671. The minimum Gasteiger partial charge on any atom is -0.364 e. The van der Waals surface area contributed by atoms with Gasteiger partial charge in [0.25, 0.3) is 5.91 Å². The fourth-order valence-electron chi connectivity index (χ4n) is 3.35. The number of hydrogen-bond donors (Lipinski definition) is 1. The molecule has 1 aromatic heterocycles. The van der Waals surface area contributed by atoms with Gasteiger partial charge in [-0.1, -0.05) is 17.7 Å². The molecule has 1 saturated heterocycles. The molecule has 8 nitrogen and oxygen atoms in total. The highest BCUT2D eigenvalue weighted by atomic mass is 32.2. The number of piperazine rings is 1. The summed E-state index contributed by atoms with van der Waals surface area (Å²) in [5.41, 5.74) is 6.57. The van der Waals surface area contributed by atoms with Crippen LogP contribution in [0.25, 0.3) is 0 Å². The number of aryl methyl sites for hydroxylation is 2. The van der Waals surface area contributed by atoms with E-state index in [1.807, 2.05) is 38.1 Å². The molecule has 2 amide bonds. The van der Waals surface area contributed by atoms with Crippen molar-refractivity contribution < 1.29 is 18.0 Å². The summed E-state index contributed by atoms with van der Waals surface area (Å²) in [5, 5.41) is -0.261. The Morgan fingerprint density at radius 3 is 2.23 bits per heavy atom. The number of carbonyl (C=O) groups excluding carboxylic acids is 2. The van der Waals surface area contributed by atoms with Crippen molar-refractivity contribution in [2.75, 3.05) is 26.2 Å². The summed E-state index contributed by atoms with van der Waals surface area (Å²) in [5.74, 6) is -0.692. The topological polar surface area (TPSA) is 106 Å². The second-order valence-electron chi connectivity index (χ2n) is 7.34. The molecule has 2 heterocycles. The average Bonchev–Trinajstić information content (AvgIpc) is 3.12. The Bertz CT molecular complexity index is 1040. The molecule has 0 spiro atoms. The lowest BCUT2D eigenvalue weighted by Gasteiger charge is -2.35. The van der Waals surface area contributed by atoms with E-state index in [0.717, 1.165) is 10.5 Å². The van der Waals surface area contributed by atoms with Crippen LogP contribution in [0.15, 0.2) is 46.3 Å². The lowest BCUT2D eigenvalue weighted by Crippen LogP contribution is -2.52. The standard InChI is InChI=1S/C20H26N4O4S2/c1-14-4-6-16(7-5-14)29-15(2)20(26)23-8-10-24(11-9-23)30(27,28)17-12-18(19(21)25)22(3)13-17/h4-7,12-13,15H,8-11H2,1-3H3,(H2,21,25). The minimum absolute atomic E-state index is 0.00616. The van der Waals surface area contributed by atoms with E-state index in [1.54, 1.807) is 11.9 Å². The van der Waals surface area contributed by atoms with Gasteiger partial charge in [0.15, 0.2) is 0 Å². The molecule has 2 N–H and O–H groups in total. The van der Waals surface area contributed by atoms with Crippen molar-refractivity contribution in [3.8, 4) is 0 Å². The maximum atomic E-state index is 12.9. The smallest absolute Gasteiger partial charge is 0.265 e. The van der Waals surface area contributed by atoms with Crippen molar-refractivity contribution >= 4 is 33.6 Å². The first kappa shape index (κ1) is 22.4. The van der Waals surface area contributed by atoms with E-state index < -0.39 is 15.9 Å². The van der Waals surface area contributed by atoms with E-state index in [4.69, 9.17) is 5.73 Å². The van der Waals surface area contributed by atoms with Crippen LogP contribution in [0.3, 0.4) is 0 Å². The van der Waals surface area contributed by atoms with Gasteiger partial charge in [-0.2, -0.15) is 4.31 Å². The van der Waals surface area contributed by atoms with Crippen LogP contribution >= 0.6 is 11.8 Å². The molecular weight excluding hydrogens is 424 g/mol. The number of aromatic nitrogens is 1. The Hall–Kier alpha value is -2.30. The Balaban J connectivity index is 1.62. The molecule has 162 valence electrons. The lowest BCUT2D eigenvalue weighted by molar-refractivity contribution is -0.131. The van der Waals surface area contributed by atoms with Crippen LogP contribution in [-0.2, 0) is 21.9 Å². The maximum absolute atomic E-state index is 12.9. The molecule has 1 aromatic carbocycles. The number of rotatable bonds is 6. The molecular formula is C20H26N4O4S2. The predicted molar refractivity (Wildman–Crippen MR) is 116 cm³/mol. The first-order valence-corrected chi connectivity index (χ1v) is 11.9. The molecule has 1 aliphatic rings. The second-order valence-corrected chi connectivity index (χ2v) is 10.7. The second kappa shape index (κ2) is 8.83. The molecule has 30 heavy (non-hydrogen) atoms. The van der Waals surface area contributed by atoms with E-state index in [-0.39, 0.29) is 34.8 Å². The van der Waals surface area contributed by atoms with Gasteiger partial charge in [-0.25, -0.2) is 8.42 Å². The van der Waals surface area contributed by atoms with Crippen molar-refractivity contribution in [3.05, 3.63) is 47.8 Å². The van der Waals surface area contributed by atoms with Gasteiger partial charge in [0.1, 0.15) is 10.6 Å². The molecule has 0 bridgehead atoms. The third-order valence-electron chi connectivity index (χ3n) is 5.10. The maximum Gasteiger partial charge on any atom is 0.265 e. The Labute approximate surface area is 181 Å². The van der Waals surface area contributed by atoms with E-state index >= 15 is 0 Å². The van der Waals surface area contributed by atoms with Gasteiger partial charge in [0.2, 0.25) is 15.9 Å². The molecule has 3 rings (SSSR count). The Kier molecular flexibility index (Phi) is 6.59. The average molecular weight is 451 g/mol. The van der Waals surface area contributed by atoms with Gasteiger partial charge < -0.3 is 15.2 Å². The van der Waals surface area contributed by atoms with Crippen molar-refractivity contribution in [2.45, 2.75) is 28.9 Å². The molecule has 0 saturated carbocycles. The molecule has 1 unspecified atom stereocenters. The SMILES string of the molecule is Cc1ccc(SC(C)C(=O)N2CCN(S(=O)(=O)c3cc(C(N)=O)n(C)c3)CC2)cc1. The molecule has 10 heteroatoms. The number of sulfonamides is 1. The van der Waals surface area contributed by atoms with Crippen molar-refractivity contribution in [1.29, 1.82) is 0 Å². The highest BCUT2D eigenvalue weighted by Gasteiger charge is 2.32. The first-order valence-electron chi connectivity index (χ1n) is 9.58. The zero-order chi connectivity index (χ0) is 22.1. The summed E-state index contributed by atoms with van der Waals surface area (Å²) in [6.07, 6.45) is 1.38. The third kappa shape index (κ3) is 4.71. The molecule has 1 aliphatic heterocycles. The van der Waals surface area contributed by atoms with E-state index in [0.29, 0.717) is 13.1 Å². The summed E-state index contributed by atoms with van der Waals surface area (Å²) in [7, 11) is -2.19. The summed E-state index contributed by atoms with van der Waals surface area (Å²) >= 11 is 1.49. The Morgan fingerprint density at radius 2 is 1.70 bits per heavy atom. The molecule has 0 radical (unpaired) electrons. The summed E-state index contributed by atoms with van der Waals surface area (Å²) in [6.45, 7) is 4.94. The largest absolute Gasteiger partial charge is 0.364 e. The van der Waals surface area contributed by atoms with E-state index in [2.05, 4.69) is 0 Å². The first-order chi connectivity index (χ1) is 14.1. The van der Waals surface area contributed by atoms with Crippen molar-refractivity contribution in [1.82, 2.24) is 13.8 Å². The molecule has 2 aromatic rings. The van der Waals surface area contributed by atoms with E-state index in [9.17, 15) is 18.0 Å². The predicted octanol–water partition coefficient (Wildman–Crippen LogP) is 1.45. The Morgan fingerprint density at radius 1 is 1.10 bits per heavy atom. The highest BCUT2D eigenvalue weighted by Crippen LogP contribution is 2.26. The van der Waals surface area contributed by atoms with Gasteiger partial charge in [0, 0.05) is 44.3 Å². The van der Waals surface area contributed by atoms with Crippen LogP contribution in [0.2, 0.25) is 0 Å². The zero-order valence-electron chi connectivity index (χ0n) is 17.2. The van der Waals surface area contributed by atoms with Crippen LogP contribution in [-0.4, -0.2) is 65.4 Å². The van der Waals surface area contributed by atoms with Crippen molar-refractivity contribution in [3.63, 3.8) is 0 Å². The number of thioether (sulfide) groups is 1. The zero-order valence-corrected chi connectivity index (χ0v) is 18.9. The van der Waals surface area contributed by atoms with Crippen molar-refractivity contribution in [2.24, 2.45) is 12.8 Å². The number of primary amides is 1. The fourth-order valence-corrected chi connectivity index (χ4v) is 5.79. The number of nitrogens with two attached hydrogens (primary N) is 1. The van der Waals surface area contributed by atoms with Crippen LogP contribution in [0, 0.1) is 6.92 Å². The molecule has 1 fully saturated rings. The van der Waals surface area contributed by atoms with Gasteiger partial charge in [-0.3, -0.25) is 9.59 Å². The van der Waals surface area contributed by atoms with Crippen LogP contribution in [0.1, 0.15) is 23.0 Å². The summed E-state index contributed by atoms with van der Waals surface area (Å²) < 4.78 is 28.6. The fraction of sp³-hybridized carbons (Fsp3) is 0.400. The summed E-state index contributed by atoms with van der Waals surface area (Å²) in [6, 6.07) is 9.30. The summed E-state index contributed by atoms with van der Waals surface area (Å²) in [4.78, 5) is 27.0. The van der Waals surface area contributed by atoms with E-state index in [1.165, 1.54) is 32.9 Å². The van der Waals surface area contributed by atoms with Gasteiger partial charge in [-0.05, 0) is 32.0 Å². The van der Waals surface area contributed by atoms with Gasteiger partial charge >= 0.3 is 0 Å². The molecule has 0 aliphatic carbocycles. The lowest BCUT2D eigenvalue weighted by atomic mass is 10.2. The normalized spacial score (nSPS) is 16.4. The minimum atomic E-state index is -3.76. The number of nitrogens with zero attached hydrogens (tertiary/aromatic N) is 3. The molecule has 1 atom stereocenters. The van der Waals surface area contributed by atoms with Crippen LogP contribution in [0.4, 0.5) is 0 Å². The van der Waals surface area contributed by atoms with Crippen LogP contribution < -0.4 is 5.73 Å². The third-order valence-corrected chi connectivity index (χ3v) is 8.07. The number of benzene rings is 1. The monoisotopic (exact) mass is 450 g/mol. The highest BCUT2D eigenvalue weighted by molar-refractivity contribution is 8.00. The number of hydrogen-bond acceptors (Lipinski definition) is 5. The van der Waals surface area contributed by atoms with Gasteiger partial charge in [-0.15, -0.1) is 11.8 Å². The number of amides is 2.